The molecule has 0 aliphatic heterocycles. The lowest BCUT2D eigenvalue weighted by Crippen LogP contribution is -2.24. The standard InChI is InChI=1S/C22H24N4O3/c1-28-19-9-8-17(12-20(19)29-2)14-24-22(27)18-13-21(26-15-25-18)23-11-10-16-6-4-3-5-7-16/h3-9,12-13,15H,10-11,14H2,1-2H3,(H,24,27)(H,23,25,26). The maximum Gasteiger partial charge on any atom is 0.270 e. The van der Waals surface area contributed by atoms with Crippen LogP contribution in [0.5, 0.6) is 11.5 Å². The van der Waals surface area contributed by atoms with Gasteiger partial charge in [0.15, 0.2) is 11.5 Å². The molecule has 0 unspecified atom stereocenters. The van der Waals surface area contributed by atoms with Crippen molar-refractivity contribution in [3.8, 4) is 11.5 Å². The third-order valence-corrected chi connectivity index (χ3v) is 4.36. The molecule has 150 valence electrons. The van der Waals surface area contributed by atoms with E-state index in [9.17, 15) is 4.79 Å². The van der Waals surface area contributed by atoms with Gasteiger partial charge >= 0.3 is 0 Å². The molecule has 0 aliphatic carbocycles. The van der Waals surface area contributed by atoms with Crippen molar-refractivity contribution in [1.29, 1.82) is 0 Å². The van der Waals surface area contributed by atoms with Crippen molar-refractivity contribution < 1.29 is 14.3 Å². The Labute approximate surface area is 170 Å². The summed E-state index contributed by atoms with van der Waals surface area (Å²) in [6.45, 7) is 1.06. The van der Waals surface area contributed by atoms with E-state index in [4.69, 9.17) is 9.47 Å². The Bertz CT molecular complexity index is 948. The molecule has 0 saturated carbocycles. The van der Waals surface area contributed by atoms with Crippen molar-refractivity contribution in [3.63, 3.8) is 0 Å². The van der Waals surface area contributed by atoms with Crippen LogP contribution < -0.4 is 20.1 Å². The van der Waals surface area contributed by atoms with E-state index in [0.717, 1.165) is 12.0 Å². The number of carbonyl (C=O) groups is 1. The number of methoxy groups -OCH3 is 2. The topological polar surface area (TPSA) is 85.4 Å². The van der Waals surface area contributed by atoms with Crippen molar-refractivity contribution in [2.24, 2.45) is 0 Å². The van der Waals surface area contributed by atoms with E-state index < -0.39 is 0 Å². The summed E-state index contributed by atoms with van der Waals surface area (Å²) in [5, 5.41) is 6.09. The van der Waals surface area contributed by atoms with Crippen LogP contribution in [0.3, 0.4) is 0 Å². The molecule has 0 fully saturated rings. The van der Waals surface area contributed by atoms with Crippen LogP contribution in [0.15, 0.2) is 60.9 Å². The molecule has 0 spiro atoms. The number of rotatable bonds is 9. The van der Waals surface area contributed by atoms with Crippen molar-refractivity contribution in [2.75, 3.05) is 26.1 Å². The van der Waals surface area contributed by atoms with Crippen LogP contribution in [0.1, 0.15) is 21.6 Å². The van der Waals surface area contributed by atoms with Gasteiger partial charge in [0.05, 0.1) is 14.2 Å². The lowest BCUT2D eigenvalue weighted by molar-refractivity contribution is 0.0945. The Morgan fingerprint density at radius 2 is 1.72 bits per heavy atom. The van der Waals surface area contributed by atoms with E-state index in [1.807, 2.05) is 30.3 Å². The van der Waals surface area contributed by atoms with E-state index in [1.165, 1.54) is 11.9 Å². The smallest absolute Gasteiger partial charge is 0.270 e. The van der Waals surface area contributed by atoms with Crippen LogP contribution >= 0.6 is 0 Å². The van der Waals surface area contributed by atoms with Crippen LogP contribution in [0, 0.1) is 0 Å². The van der Waals surface area contributed by atoms with E-state index >= 15 is 0 Å². The first kappa shape index (κ1) is 20.1. The highest BCUT2D eigenvalue weighted by Gasteiger charge is 2.10. The third-order valence-electron chi connectivity index (χ3n) is 4.36. The summed E-state index contributed by atoms with van der Waals surface area (Å²) in [5.74, 6) is 1.61. The summed E-state index contributed by atoms with van der Waals surface area (Å²) >= 11 is 0. The lowest BCUT2D eigenvalue weighted by Gasteiger charge is -2.10. The maximum atomic E-state index is 12.5. The number of nitrogens with one attached hydrogen (secondary N) is 2. The van der Waals surface area contributed by atoms with Gasteiger partial charge in [0.25, 0.3) is 5.91 Å². The SMILES string of the molecule is COc1ccc(CNC(=O)c2cc(NCCc3ccccc3)ncn2)cc1OC. The molecule has 7 nitrogen and oxygen atoms in total. The highest BCUT2D eigenvalue weighted by molar-refractivity contribution is 5.92. The first-order chi connectivity index (χ1) is 14.2. The lowest BCUT2D eigenvalue weighted by atomic mass is 10.1. The minimum atomic E-state index is -0.270. The van der Waals surface area contributed by atoms with E-state index in [-0.39, 0.29) is 5.91 Å². The first-order valence-electron chi connectivity index (χ1n) is 9.28. The second-order valence-corrected chi connectivity index (χ2v) is 6.32. The molecular formula is C22H24N4O3. The zero-order valence-electron chi connectivity index (χ0n) is 16.5. The monoisotopic (exact) mass is 392 g/mol. The molecule has 2 N–H and O–H groups in total. The van der Waals surface area contributed by atoms with Gasteiger partial charge in [-0.1, -0.05) is 36.4 Å². The minimum absolute atomic E-state index is 0.270. The Morgan fingerprint density at radius 1 is 0.931 bits per heavy atom. The molecule has 2 aromatic carbocycles. The van der Waals surface area contributed by atoms with Crippen LogP contribution in [0.4, 0.5) is 5.82 Å². The normalized spacial score (nSPS) is 10.3. The molecule has 0 saturated heterocycles. The third kappa shape index (κ3) is 5.68. The molecule has 1 heterocycles. The highest BCUT2D eigenvalue weighted by Crippen LogP contribution is 2.27. The summed E-state index contributed by atoms with van der Waals surface area (Å²) in [7, 11) is 3.16. The first-order valence-corrected chi connectivity index (χ1v) is 9.28. The van der Waals surface area contributed by atoms with Gasteiger partial charge in [-0.3, -0.25) is 4.79 Å². The predicted octanol–water partition coefficient (Wildman–Crippen LogP) is 3.08. The fourth-order valence-corrected chi connectivity index (χ4v) is 2.82. The Hall–Kier alpha value is -3.61. The molecule has 0 atom stereocenters. The second-order valence-electron chi connectivity index (χ2n) is 6.32. The van der Waals surface area contributed by atoms with Crippen molar-refractivity contribution >= 4 is 11.7 Å². The predicted molar refractivity (Wildman–Crippen MR) is 111 cm³/mol. The Kier molecular flexibility index (Phi) is 7.00. The van der Waals surface area contributed by atoms with Gasteiger partial charge in [-0.05, 0) is 29.7 Å². The molecule has 0 bridgehead atoms. The van der Waals surface area contributed by atoms with Crippen LogP contribution in [-0.4, -0.2) is 36.6 Å². The number of hydrogen-bond acceptors (Lipinski definition) is 6. The van der Waals surface area contributed by atoms with Crippen LogP contribution in [0.2, 0.25) is 0 Å². The molecule has 1 aromatic heterocycles. The largest absolute Gasteiger partial charge is 0.493 e. The number of anilines is 1. The molecular weight excluding hydrogens is 368 g/mol. The average Bonchev–Trinajstić information content (AvgIpc) is 2.78. The summed E-state index contributed by atoms with van der Waals surface area (Å²) in [4.78, 5) is 20.7. The van der Waals surface area contributed by atoms with Gasteiger partial charge in [0, 0.05) is 19.2 Å². The molecule has 7 heteroatoms. The van der Waals surface area contributed by atoms with E-state index in [2.05, 4.69) is 32.7 Å². The molecule has 0 radical (unpaired) electrons. The average molecular weight is 392 g/mol. The highest BCUT2D eigenvalue weighted by atomic mass is 16.5. The van der Waals surface area contributed by atoms with Gasteiger partial charge in [-0.15, -0.1) is 0 Å². The van der Waals surface area contributed by atoms with Crippen molar-refractivity contribution in [2.45, 2.75) is 13.0 Å². The number of carbonyl (C=O) groups excluding carboxylic acids is 1. The van der Waals surface area contributed by atoms with E-state index in [1.54, 1.807) is 26.4 Å². The number of hydrogen-bond donors (Lipinski definition) is 2. The summed E-state index contributed by atoms with van der Waals surface area (Å²) in [5.41, 5.74) is 2.44. The van der Waals surface area contributed by atoms with Gasteiger partial charge in [0.2, 0.25) is 0 Å². The maximum absolute atomic E-state index is 12.5. The number of ether oxygens (including phenoxy) is 2. The molecule has 29 heavy (non-hydrogen) atoms. The zero-order chi connectivity index (χ0) is 20.5. The van der Waals surface area contributed by atoms with Gasteiger partial charge in [-0.25, -0.2) is 9.97 Å². The molecule has 3 rings (SSSR count). The van der Waals surface area contributed by atoms with Crippen molar-refractivity contribution in [1.82, 2.24) is 15.3 Å². The Balaban J connectivity index is 1.55. The number of amides is 1. The summed E-state index contributed by atoms with van der Waals surface area (Å²) in [6.07, 6.45) is 2.25. The van der Waals surface area contributed by atoms with E-state index in [0.29, 0.717) is 36.1 Å². The summed E-state index contributed by atoms with van der Waals surface area (Å²) in [6, 6.07) is 17.3. The molecule has 0 aliphatic rings. The van der Waals surface area contributed by atoms with Crippen molar-refractivity contribution in [3.05, 3.63) is 77.7 Å². The molecule has 1 amide bonds. The fraction of sp³-hybridized carbons (Fsp3) is 0.227. The van der Waals surface area contributed by atoms with Crippen LogP contribution in [0.25, 0.3) is 0 Å². The molecule has 3 aromatic rings. The van der Waals surface area contributed by atoms with Gasteiger partial charge in [0.1, 0.15) is 17.8 Å². The number of aromatic nitrogens is 2. The van der Waals surface area contributed by atoms with Crippen LogP contribution in [-0.2, 0) is 13.0 Å². The zero-order valence-corrected chi connectivity index (χ0v) is 16.5. The number of benzene rings is 2. The van der Waals surface area contributed by atoms with Gasteiger partial charge < -0.3 is 20.1 Å². The fourth-order valence-electron chi connectivity index (χ4n) is 2.82. The quantitative estimate of drug-likeness (QED) is 0.582. The second kappa shape index (κ2) is 10.1. The Morgan fingerprint density at radius 3 is 2.48 bits per heavy atom. The minimum Gasteiger partial charge on any atom is -0.493 e. The number of nitrogens with zero attached hydrogens (tertiary/aromatic N) is 2. The summed E-state index contributed by atoms with van der Waals surface area (Å²) < 4.78 is 10.5. The van der Waals surface area contributed by atoms with Gasteiger partial charge in [-0.2, -0.15) is 0 Å².